The summed E-state index contributed by atoms with van der Waals surface area (Å²) in [6, 6.07) is 7.12. The molecule has 0 fully saturated rings. The van der Waals surface area contributed by atoms with Gasteiger partial charge >= 0.3 is 0 Å². The molecule has 2 rings (SSSR count). The minimum absolute atomic E-state index is 0.158. The lowest BCUT2D eigenvalue weighted by Crippen LogP contribution is -2.26. The van der Waals surface area contributed by atoms with E-state index in [2.05, 4.69) is 20.9 Å². The number of aromatic nitrogens is 1. The van der Waals surface area contributed by atoms with Crippen LogP contribution in [0.15, 0.2) is 34.2 Å². The fourth-order valence-corrected chi connectivity index (χ4v) is 3.03. The zero-order chi connectivity index (χ0) is 13.8. The molecule has 1 amide bonds. The van der Waals surface area contributed by atoms with Gasteiger partial charge in [-0.05, 0) is 34.1 Å². The average Bonchev–Trinajstić information content (AvgIpc) is 2.83. The summed E-state index contributed by atoms with van der Waals surface area (Å²) in [7, 11) is 1.73. The van der Waals surface area contributed by atoms with Gasteiger partial charge in [0.1, 0.15) is 11.8 Å². The number of amides is 1. The summed E-state index contributed by atoms with van der Waals surface area (Å²) in [6.45, 7) is 0.538. The van der Waals surface area contributed by atoms with E-state index in [-0.39, 0.29) is 5.91 Å². The number of halogens is 1. The second-order valence-corrected chi connectivity index (χ2v) is 5.85. The van der Waals surface area contributed by atoms with Gasteiger partial charge in [-0.25, -0.2) is 4.98 Å². The Morgan fingerprint density at radius 3 is 2.89 bits per heavy atom. The summed E-state index contributed by atoms with van der Waals surface area (Å²) < 4.78 is 1.02. The van der Waals surface area contributed by atoms with Gasteiger partial charge in [-0.1, -0.05) is 0 Å². The first kappa shape index (κ1) is 13.7. The highest BCUT2D eigenvalue weighted by Crippen LogP contribution is 2.21. The van der Waals surface area contributed by atoms with Crippen LogP contribution in [0, 0.1) is 11.3 Å². The standard InChI is InChI=1S/C13H10BrN3OS/c1-17(7-11-4-10(14)8-19-11)13(18)12-3-2-9(5-15)6-16-12/h2-4,6,8H,7H2,1H3. The van der Waals surface area contributed by atoms with E-state index in [0.29, 0.717) is 17.8 Å². The lowest BCUT2D eigenvalue weighted by Gasteiger charge is -2.15. The highest BCUT2D eigenvalue weighted by Gasteiger charge is 2.14. The second kappa shape index (κ2) is 5.95. The quantitative estimate of drug-likeness (QED) is 0.866. The van der Waals surface area contributed by atoms with Crippen molar-refractivity contribution in [1.29, 1.82) is 5.26 Å². The van der Waals surface area contributed by atoms with Gasteiger partial charge in [-0.2, -0.15) is 5.26 Å². The van der Waals surface area contributed by atoms with Gasteiger partial charge in [0.05, 0.1) is 12.1 Å². The van der Waals surface area contributed by atoms with Crippen LogP contribution in [0.5, 0.6) is 0 Å². The lowest BCUT2D eigenvalue weighted by molar-refractivity contribution is 0.0780. The predicted molar refractivity (Wildman–Crippen MR) is 76.8 cm³/mol. The van der Waals surface area contributed by atoms with Crippen molar-refractivity contribution < 1.29 is 4.79 Å². The van der Waals surface area contributed by atoms with E-state index >= 15 is 0 Å². The Bertz CT molecular complexity index is 630. The van der Waals surface area contributed by atoms with Crippen LogP contribution >= 0.6 is 27.3 Å². The van der Waals surface area contributed by atoms with Crippen molar-refractivity contribution >= 4 is 33.2 Å². The molecule has 0 saturated heterocycles. The van der Waals surface area contributed by atoms with Crippen LogP contribution in [0.3, 0.4) is 0 Å². The molecule has 96 valence electrons. The van der Waals surface area contributed by atoms with Gasteiger partial charge in [0.2, 0.25) is 0 Å². The Hall–Kier alpha value is -1.71. The third-order valence-corrected chi connectivity index (χ3v) is 4.16. The summed E-state index contributed by atoms with van der Waals surface area (Å²) in [5, 5.41) is 10.7. The van der Waals surface area contributed by atoms with Crippen molar-refractivity contribution in [1.82, 2.24) is 9.88 Å². The largest absolute Gasteiger partial charge is 0.335 e. The molecule has 19 heavy (non-hydrogen) atoms. The van der Waals surface area contributed by atoms with Gasteiger partial charge in [0, 0.05) is 28.0 Å². The van der Waals surface area contributed by atoms with Crippen molar-refractivity contribution in [2.24, 2.45) is 0 Å². The number of carbonyl (C=O) groups is 1. The fraction of sp³-hybridized carbons (Fsp3) is 0.154. The molecule has 0 radical (unpaired) electrons. The number of pyridine rings is 1. The van der Waals surface area contributed by atoms with Crippen LogP contribution in [0.2, 0.25) is 0 Å². The van der Waals surface area contributed by atoms with E-state index in [1.165, 1.54) is 6.20 Å². The molecule has 0 spiro atoms. The molecule has 0 N–H and O–H groups in total. The first-order valence-electron chi connectivity index (χ1n) is 5.44. The van der Waals surface area contributed by atoms with E-state index in [0.717, 1.165) is 9.35 Å². The number of nitrogens with zero attached hydrogens (tertiary/aromatic N) is 3. The van der Waals surface area contributed by atoms with E-state index in [9.17, 15) is 4.79 Å². The average molecular weight is 336 g/mol. The number of rotatable bonds is 3. The Morgan fingerprint density at radius 1 is 1.58 bits per heavy atom. The summed E-state index contributed by atoms with van der Waals surface area (Å²) in [4.78, 5) is 18.8. The summed E-state index contributed by atoms with van der Waals surface area (Å²) in [5.41, 5.74) is 0.790. The van der Waals surface area contributed by atoms with Gasteiger partial charge in [-0.3, -0.25) is 4.79 Å². The van der Waals surface area contributed by atoms with Crippen molar-refractivity contribution in [2.45, 2.75) is 6.54 Å². The van der Waals surface area contributed by atoms with Gasteiger partial charge in [0.15, 0.2) is 0 Å². The Morgan fingerprint density at radius 2 is 2.37 bits per heavy atom. The molecule has 2 heterocycles. The van der Waals surface area contributed by atoms with Crippen molar-refractivity contribution in [3.63, 3.8) is 0 Å². The molecule has 0 aromatic carbocycles. The van der Waals surface area contributed by atoms with Crippen LogP contribution in [0.4, 0.5) is 0 Å². The monoisotopic (exact) mass is 335 g/mol. The molecule has 0 aliphatic carbocycles. The SMILES string of the molecule is CN(Cc1cc(Br)cs1)C(=O)c1ccc(C#N)cn1. The van der Waals surface area contributed by atoms with Crippen LogP contribution in [0.1, 0.15) is 20.9 Å². The van der Waals surface area contributed by atoms with Crippen LogP contribution in [0.25, 0.3) is 0 Å². The molecule has 0 atom stereocenters. The number of thiophene rings is 1. The highest BCUT2D eigenvalue weighted by molar-refractivity contribution is 9.10. The zero-order valence-corrected chi connectivity index (χ0v) is 12.5. The minimum Gasteiger partial charge on any atom is -0.335 e. The van der Waals surface area contributed by atoms with E-state index in [1.54, 1.807) is 35.4 Å². The maximum absolute atomic E-state index is 12.1. The zero-order valence-electron chi connectivity index (χ0n) is 10.1. The first-order chi connectivity index (χ1) is 9.10. The molecule has 4 nitrogen and oxygen atoms in total. The molecule has 6 heteroatoms. The molecular weight excluding hydrogens is 326 g/mol. The molecular formula is C13H10BrN3OS. The number of carbonyl (C=O) groups excluding carboxylic acids is 1. The molecule has 0 aliphatic rings. The normalized spacial score (nSPS) is 9.95. The van der Waals surface area contributed by atoms with Gasteiger partial charge < -0.3 is 4.90 Å². The third kappa shape index (κ3) is 3.40. The van der Waals surface area contributed by atoms with Crippen molar-refractivity contribution in [2.75, 3.05) is 7.05 Å². The predicted octanol–water partition coefficient (Wildman–Crippen LogP) is 3.05. The van der Waals surface area contributed by atoms with Crippen LogP contribution < -0.4 is 0 Å². The summed E-state index contributed by atoms with van der Waals surface area (Å²) in [5.74, 6) is -0.158. The first-order valence-corrected chi connectivity index (χ1v) is 7.12. The maximum Gasteiger partial charge on any atom is 0.272 e. The molecule has 2 aromatic rings. The number of hydrogen-bond donors (Lipinski definition) is 0. The highest BCUT2D eigenvalue weighted by atomic mass is 79.9. The Balaban J connectivity index is 2.08. The lowest BCUT2D eigenvalue weighted by atomic mass is 10.2. The summed E-state index contributed by atoms with van der Waals surface area (Å²) in [6.07, 6.45) is 1.41. The van der Waals surface area contributed by atoms with Crippen LogP contribution in [-0.2, 0) is 6.54 Å². The van der Waals surface area contributed by atoms with Crippen molar-refractivity contribution in [3.05, 3.63) is 50.4 Å². The Kier molecular flexibility index (Phi) is 4.30. The number of hydrogen-bond acceptors (Lipinski definition) is 4. The van der Waals surface area contributed by atoms with Gasteiger partial charge in [-0.15, -0.1) is 11.3 Å². The van der Waals surface area contributed by atoms with Crippen molar-refractivity contribution in [3.8, 4) is 6.07 Å². The van der Waals surface area contributed by atoms with E-state index in [1.807, 2.05) is 17.5 Å². The molecule has 2 aromatic heterocycles. The van der Waals surface area contributed by atoms with Crippen LogP contribution in [-0.4, -0.2) is 22.8 Å². The second-order valence-electron chi connectivity index (χ2n) is 3.94. The molecule has 0 bridgehead atoms. The number of nitriles is 1. The van der Waals surface area contributed by atoms with E-state index < -0.39 is 0 Å². The Labute approximate surface area is 123 Å². The maximum atomic E-state index is 12.1. The topological polar surface area (TPSA) is 57.0 Å². The molecule has 0 unspecified atom stereocenters. The fourth-order valence-electron chi connectivity index (χ4n) is 1.52. The minimum atomic E-state index is -0.158. The molecule has 0 aliphatic heterocycles. The smallest absolute Gasteiger partial charge is 0.272 e. The van der Waals surface area contributed by atoms with Gasteiger partial charge in [0.25, 0.3) is 5.91 Å². The molecule has 0 saturated carbocycles. The summed E-state index contributed by atoms with van der Waals surface area (Å²) >= 11 is 4.98. The third-order valence-electron chi connectivity index (χ3n) is 2.47. The van der Waals surface area contributed by atoms with E-state index in [4.69, 9.17) is 5.26 Å².